The molecule has 3 aliphatic rings. The molecule has 4 rings (SSSR count). The third kappa shape index (κ3) is 5.91. The van der Waals surface area contributed by atoms with Crippen LogP contribution in [0.25, 0.3) is 0 Å². The highest BCUT2D eigenvalue weighted by Gasteiger charge is 2.55. The zero-order chi connectivity index (χ0) is 28.5. The maximum Gasteiger partial charge on any atom is 0.255 e. The van der Waals surface area contributed by atoms with Crippen molar-refractivity contribution in [1.82, 2.24) is 15.1 Å². The second kappa shape index (κ2) is 11.4. The van der Waals surface area contributed by atoms with Crippen LogP contribution in [0.3, 0.4) is 0 Å². The van der Waals surface area contributed by atoms with Gasteiger partial charge in [-0.3, -0.25) is 19.2 Å². The monoisotopic (exact) mass is 539 g/mol. The van der Waals surface area contributed by atoms with Crippen molar-refractivity contribution >= 4 is 23.5 Å². The fourth-order valence-electron chi connectivity index (χ4n) is 6.49. The van der Waals surface area contributed by atoms with Crippen molar-refractivity contribution in [1.29, 1.82) is 0 Å². The van der Waals surface area contributed by atoms with Crippen LogP contribution in [-0.2, 0) is 24.5 Å². The van der Waals surface area contributed by atoms with Crippen molar-refractivity contribution in [3.05, 3.63) is 35.4 Å². The lowest BCUT2D eigenvalue weighted by atomic mass is 9.83. The van der Waals surface area contributed by atoms with E-state index in [0.29, 0.717) is 37.8 Å². The molecule has 3 fully saturated rings. The zero-order valence-corrected chi connectivity index (χ0v) is 24.4. The first-order chi connectivity index (χ1) is 18.4. The van der Waals surface area contributed by atoms with E-state index in [1.807, 2.05) is 26.0 Å². The van der Waals surface area contributed by atoms with Crippen LogP contribution in [0.2, 0.25) is 0 Å². The summed E-state index contributed by atoms with van der Waals surface area (Å²) < 4.78 is 5.77. The lowest BCUT2D eigenvalue weighted by Crippen LogP contribution is -2.54. The molecule has 3 unspecified atom stereocenters. The molecular formula is C31H45N3O5. The van der Waals surface area contributed by atoms with Gasteiger partial charge in [0.1, 0.15) is 17.7 Å². The molecule has 1 N–H and O–H groups in total. The van der Waals surface area contributed by atoms with Crippen molar-refractivity contribution in [2.75, 3.05) is 20.2 Å². The van der Waals surface area contributed by atoms with E-state index in [0.717, 1.165) is 24.8 Å². The van der Waals surface area contributed by atoms with Gasteiger partial charge in [-0.25, -0.2) is 0 Å². The summed E-state index contributed by atoms with van der Waals surface area (Å²) in [5, 5.41) is 2.95. The van der Waals surface area contributed by atoms with Crippen molar-refractivity contribution < 1.29 is 23.9 Å². The lowest BCUT2D eigenvalue weighted by Gasteiger charge is -2.38. The number of ketones is 1. The Labute approximate surface area is 232 Å². The highest BCUT2D eigenvalue weighted by molar-refractivity contribution is 6.01. The van der Waals surface area contributed by atoms with Crippen LogP contribution in [0.4, 0.5) is 0 Å². The van der Waals surface area contributed by atoms with Gasteiger partial charge >= 0.3 is 0 Å². The second-order valence-electron chi connectivity index (χ2n) is 13.0. The number of rotatable bonds is 7. The molecular weight excluding hydrogens is 494 g/mol. The highest BCUT2D eigenvalue weighted by Crippen LogP contribution is 2.38. The van der Waals surface area contributed by atoms with Crippen molar-refractivity contribution in [2.24, 2.45) is 5.92 Å². The van der Waals surface area contributed by atoms with Gasteiger partial charge in [-0.05, 0) is 54.7 Å². The highest BCUT2D eigenvalue weighted by atomic mass is 16.5. The number of nitrogens with one attached hydrogen (secondary N) is 1. The molecule has 3 atom stereocenters. The summed E-state index contributed by atoms with van der Waals surface area (Å²) in [4.78, 5) is 57.2. The van der Waals surface area contributed by atoms with Gasteiger partial charge in [0.2, 0.25) is 5.91 Å². The summed E-state index contributed by atoms with van der Waals surface area (Å²) in [7, 11) is 1.58. The van der Waals surface area contributed by atoms with Gasteiger partial charge < -0.3 is 19.9 Å². The number of amides is 3. The Morgan fingerprint density at radius 1 is 1.05 bits per heavy atom. The van der Waals surface area contributed by atoms with E-state index in [4.69, 9.17) is 4.74 Å². The molecule has 8 nitrogen and oxygen atoms in total. The molecule has 3 amide bonds. The largest absolute Gasteiger partial charge is 0.368 e. The van der Waals surface area contributed by atoms with Gasteiger partial charge in [0.15, 0.2) is 5.78 Å². The Morgan fingerprint density at radius 2 is 1.69 bits per heavy atom. The van der Waals surface area contributed by atoms with E-state index < -0.39 is 17.7 Å². The SMILES string of the molecule is COC1(C(=O)N2CC(=O)C3C2CCN3C(=O)C(CC(C)C)NC(=O)c2ccc(C(C)(C)C)cc2)CCCCC1. The average molecular weight is 540 g/mol. The van der Waals surface area contributed by atoms with Gasteiger partial charge in [0.25, 0.3) is 11.8 Å². The minimum Gasteiger partial charge on any atom is -0.368 e. The van der Waals surface area contributed by atoms with Crippen LogP contribution in [0.1, 0.15) is 95.5 Å². The van der Waals surface area contributed by atoms with E-state index >= 15 is 0 Å². The van der Waals surface area contributed by atoms with Crippen molar-refractivity contribution in [3.63, 3.8) is 0 Å². The first-order valence-electron chi connectivity index (χ1n) is 14.5. The van der Waals surface area contributed by atoms with E-state index in [9.17, 15) is 19.2 Å². The number of hydrogen-bond acceptors (Lipinski definition) is 5. The Kier molecular flexibility index (Phi) is 8.55. The Morgan fingerprint density at radius 3 is 2.26 bits per heavy atom. The first-order valence-corrected chi connectivity index (χ1v) is 14.5. The summed E-state index contributed by atoms with van der Waals surface area (Å²) >= 11 is 0. The predicted octanol–water partition coefficient (Wildman–Crippen LogP) is 3.86. The van der Waals surface area contributed by atoms with Crippen molar-refractivity contribution in [2.45, 2.75) is 109 Å². The normalized spacial score (nSPS) is 23.6. The van der Waals surface area contributed by atoms with Gasteiger partial charge in [-0.15, -0.1) is 0 Å². The van der Waals surface area contributed by atoms with Gasteiger partial charge in [0.05, 0.1) is 12.6 Å². The van der Waals surface area contributed by atoms with E-state index in [1.165, 1.54) is 0 Å². The van der Waals surface area contributed by atoms with E-state index in [2.05, 4.69) is 26.1 Å². The van der Waals surface area contributed by atoms with Crippen LogP contribution < -0.4 is 5.32 Å². The van der Waals surface area contributed by atoms with Gasteiger partial charge in [-0.2, -0.15) is 0 Å². The molecule has 39 heavy (non-hydrogen) atoms. The molecule has 0 radical (unpaired) electrons. The molecule has 2 saturated heterocycles. The number of benzene rings is 1. The fraction of sp³-hybridized carbons (Fsp3) is 0.677. The van der Waals surface area contributed by atoms with Crippen LogP contribution >= 0.6 is 0 Å². The average Bonchev–Trinajstić information content (AvgIpc) is 3.48. The summed E-state index contributed by atoms with van der Waals surface area (Å²) in [6.07, 6.45) is 5.26. The summed E-state index contributed by atoms with van der Waals surface area (Å²) in [6, 6.07) is 5.71. The lowest BCUT2D eigenvalue weighted by molar-refractivity contribution is -0.160. The minimum absolute atomic E-state index is 0.00435. The number of fused-ring (bicyclic) bond motifs is 1. The van der Waals surface area contributed by atoms with E-state index in [-0.39, 0.29) is 47.4 Å². The summed E-state index contributed by atoms with van der Waals surface area (Å²) in [5.74, 6) is -0.637. The maximum atomic E-state index is 13.8. The number of hydrogen-bond donors (Lipinski definition) is 1. The molecule has 1 aliphatic carbocycles. The summed E-state index contributed by atoms with van der Waals surface area (Å²) in [5.41, 5.74) is 0.719. The third-order valence-electron chi connectivity index (χ3n) is 8.73. The molecule has 0 bridgehead atoms. The molecule has 214 valence electrons. The number of nitrogens with zero attached hydrogens (tertiary/aromatic N) is 2. The Hall–Kier alpha value is -2.74. The minimum atomic E-state index is -0.873. The number of ether oxygens (including phenoxy) is 1. The second-order valence-corrected chi connectivity index (χ2v) is 13.0. The van der Waals surface area contributed by atoms with E-state index in [1.54, 1.807) is 29.0 Å². The fourth-order valence-corrected chi connectivity index (χ4v) is 6.49. The molecule has 8 heteroatoms. The van der Waals surface area contributed by atoms with Crippen LogP contribution in [0, 0.1) is 5.92 Å². The van der Waals surface area contributed by atoms with Gasteiger partial charge in [-0.1, -0.05) is 66.0 Å². The van der Waals surface area contributed by atoms with Gasteiger partial charge in [0, 0.05) is 19.2 Å². The maximum absolute atomic E-state index is 13.8. The standard InChI is InChI=1S/C31H45N3O5/c1-20(2)18-23(32-27(36)21-10-12-22(13-11-21)30(3,4)5)28(37)33-17-14-24-26(33)25(35)19-34(24)29(38)31(39-6)15-8-7-9-16-31/h10-13,20,23-24,26H,7-9,14-19H2,1-6H3,(H,32,36). The zero-order valence-electron chi connectivity index (χ0n) is 24.4. The molecule has 2 heterocycles. The number of carbonyl (C=O) groups excluding carboxylic acids is 4. The Bertz CT molecular complexity index is 1080. The number of likely N-dealkylation sites (tertiary alicyclic amines) is 2. The molecule has 0 aromatic heterocycles. The third-order valence-corrected chi connectivity index (χ3v) is 8.73. The summed E-state index contributed by atoms with van der Waals surface area (Å²) in [6.45, 7) is 10.8. The smallest absolute Gasteiger partial charge is 0.255 e. The van der Waals surface area contributed by atoms with Crippen molar-refractivity contribution in [3.8, 4) is 0 Å². The predicted molar refractivity (Wildman–Crippen MR) is 149 cm³/mol. The molecule has 0 spiro atoms. The number of Topliss-reactive ketones (excluding diaryl/α,β-unsaturated/α-hetero) is 1. The number of carbonyl (C=O) groups is 4. The molecule has 2 aliphatic heterocycles. The first kappa shape index (κ1) is 29.2. The Balaban J connectivity index is 1.49. The number of methoxy groups -OCH3 is 1. The van der Waals surface area contributed by atoms with Crippen LogP contribution in [0.5, 0.6) is 0 Å². The quantitative estimate of drug-likeness (QED) is 0.568. The van der Waals surface area contributed by atoms with Crippen LogP contribution in [-0.4, -0.2) is 77.2 Å². The topological polar surface area (TPSA) is 96.0 Å². The molecule has 1 aromatic carbocycles. The molecule has 1 aromatic rings. The molecule has 1 saturated carbocycles. The van der Waals surface area contributed by atoms with Crippen LogP contribution in [0.15, 0.2) is 24.3 Å².